The summed E-state index contributed by atoms with van der Waals surface area (Å²) in [6, 6.07) is 9.85. The van der Waals surface area contributed by atoms with Crippen molar-refractivity contribution in [1.82, 2.24) is 0 Å². The third kappa shape index (κ3) is 6.39. The molecular weight excluding hydrogens is 280 g/mol. The van der Waals surface area contributed by atoms with Crippen LogP contribution in [0, 0.1) is 0 Å². The van der Waals surface area contributed by atoms with E-state index in [2.05, 4.69) is 6.58 Å². The minimum atomic E-state index is -0.967. The highest BCUT2D eigenvalue weighted by Gasteiger charge is 2.13. The van der Waals surface area contributed by atoms with E-state index in [9.17, 15) is 9.59 Å². The normalized spacial score (nSPS) is 12.5. The van der Waals surface area contributed by atoms with Crippen LogP contribution in [0.15, 0.2) is 54.1 Å². The third-order valence-corrected chi connectivity index (χ3v) is 3.25. The lowest BCUT2D eigenvalue weighted by molar-refractivity contribution is -0.143. The maximum absolute atomic E-state index is 11.9. The number of hydrogen-bond donors (Lipinski definition) is 1. The Hall–Kier alpha value is -2.36. The number of carboxylic acids is 1. The largest absolute Gasteiger partial charge is 0.478 e. The van der Waals surface area contributed by atoms with Crippen LogP contribution >= 0.6 is 0 Å². The summed E-state index contributed by atoms with van der Waals surface area (Å²) >= 11 is 0. The van der Waals surface area contributed by atoms with E-state index in [1.807, 2.05) is 30.3 Å². The molecule has 1 unspecified atom stereocenters. The van der Waals surface area contributed by atoms with Gasteiger partial charge in [-0.25, -0.2) is 9.59 Å². The summed E-state index contributed by atoms with van der Waals surface area (Å²) in [5.74, 6) is -1.39. The van der Waals surface area contributed by atoms with Gasteiger partial charge in [-0.15, -0.1) is 0 Å². The van der Waals surface area contributed by atoms with Crippen LogP contribution in [0.1, 0.15) is 32.3 Å². The molecule has 0 saturated carbocycles. The highest BCUT2D eigenvalue weighted by Crippen LogP contribution is 2.11. The molecule has 22 heavy (non-hydrogen) atoms. The van der Waals surface area contributed by atoms with Gasteiger partial charge in [-0.2, -0.15) is 0 Å². The number of aryl methyl sites for hydroxylation is 1. The van der Waals surface area contributed by atoms with Crippen LogP contribution in [0.25, 0.3) is 0 Å². The van der Waals surface area contributed by atoms with Gasteiger partial charge in [0.15, 0.2) is 0 Å². The molecule has 118 valence electrons. The van der Waals surface area contributed by atoms with Crippen molar-refractivity contribution in [2.45, 2.75) is 39.2 Å². The molecule has 1 N–H and O–H groups in total. The van der Waals surface area contributed by atoms with Gasteiger partial charge in [-0.05, 0) is 32.3 Å². The third-order valence-electron chi connectivity index (χ3n) is 3.25. The van der Waals surface area contributed by atoms with E-state index in [4.69, 9.17) is 9.84 Å². The zero-order valence-corrected chi connectivity index (χ0v) is 13.0. The molecule has 0 radical (unpaired) electrons. The van der Waals surface area contributed by atoms with Crippen molar-refractivity contribution in [3.05, 3.63) is 59.7 Å². The monoisotopic (exact) mass is 302 g/mol. The van der Waals surface area contributed by atoms with Crippen LogP contribution < -0.4 is 0 Å². The quantitative estimate of drug-likeness (QED) is 0.589. The maximum Gasteiger partial charge on any atom is 0.333 e. The molecule has 0 aliphatic heterocycles. The summed E-state index contributed by atoms with van der Waals surface area (Å²) in [6.07, 6.45) is 2.82. The first kappa shape index (κ1) is 17.7. The van der Waals surface area contributed by atoms with Crippen molar-refractivity contribution >= 4 is 11.9 Å². The fourth-order valence-corrected chi connectivity index (χ4v) is 1.79. The van der Waals surface area contributed by atoms with E-state index in [-0.39, 0.29) is 11.7 Å². The van der Waals surface area contributed by atoms with Crippen molar-refractivity contribution in [2.75, 3.05) is 0 Å². The highest BCUT2D eigenvalue weighted by atomic mass is 16.5. The van der Waals surface area contributed by atoms with Gasteiger partial charge in [0.05, 0.1) is 0 Å². The minimum absolute atomic E-state index is 0.241. The Bertz CT molecular complexity index is 558. The summed E-state index contributed by atoms with van der Waals surface area (Å²) in [6.45, 7) is 7.00. The molecule has 0 heterocycles. The van der Waals surface area contributed by atoms with Gasteiger partial charge < -0.3 is 9.84 Å². The first-order chi connectivity index (χ1) is 10.4. The number of esters is 1. The van der Waals surface area contributed by atoms with Gasteiger partial charge in [0.2, 0.25) is 0 Å². The number of hydrogen-bond acceptors (Lipinski definition) is 3. The molecule has 0 aliphatic carbocycles. The van der Waals surface area contributed by atoms with Gasteiger partial charge in [0, 0.05) is 17.6 Å². The van der Waals surface area contributed by atoms with E-state index in [0.29, 0.717) is 18.4 Å². The molecule has 0 saturated heterocycles. The predicted octanol–water partition coefficient (Wildman–Crippen LogP) is 3.53. The van der Waals surface area contributed by atoms with Crippen molar-refractivity contribution in [2.24, 2.45) is 0 Å². The van der Waals surface area contributed by atoms with E-state index >= 15 is 0 Å². The van der Waals surface area contributed by atoms with Crippen LogP contribution in [0.2, 0.25) is 0 Å². The Morgan fingerprint density at radius 1 is 1.32 bits per heavy atom. The Kier molecular flexibility index (Phi) is 7.09. The highest BCUT2D eigenvalue weighted by molar-refractivity contribution is 5.88. The van der Waals surface area contributed by atoms with E-state index in [1.165, 1.54) is 6.92 Å². The molecular formula is C18H22O4. The Morgan fingerprint density at radius 3 is 2.55 bits per heavy atom. The van der Waals surface area contributed by atoms with Crippen LogP contribution in [0.3, 0.4) is 0 Å². The average Bonchev–Trinajstić information content (AvgIpc) is 2.50. The summed E-state index contributed by atoms with van der Waals surface area (Å²) < 4.78 is 5.25. The molecule has 0 bridgehead atoms. The van der Waals surface area contributed by atoms with Crippen LogP contribution in [-0.4, -0.2) is 23.1 Å². The van der Waals surface area contributed by atoms with Gasteiger partial charge in [0.1, 0.15) is 6.10 Å². The molecule has 0 fully saturated rings. The molecule has 0 aromatic heterocycles. The lowest BCUT2D eigenvalue weighted by Gasteiger charge is -2.13. The van der Waals surface area contributed by atoms with Crippen molar-refractivity contribution in [3.63, 3.8) is 0 Å². The molecule has 0 spiro atoms. The number of ether oxygens (including phenoxy) is 1. The zero-order valence-electron chi connectivity index (χ0n) is 13.0. The Balaban J connectivity index is 2.39. The van der Waals surface area contributed by atoms with Crippen LogP contribution in [-0.2, 0) is 20.7 Å². The van der Waals surface area contributed by atoms with Crippen molar-refractivity contribution in [3.8, 4) is 0 Å². The SMILES string of the molecule is C=C(CCc1ccccc1)C(=O)OC(C)CC=C(C)C(=O)O. The number of carbonyl (C=O) groups is 2. The first-order valence-electron chi connectivity index (χ1n) is 7.23. The van der Waals surface area contributed by atoms with E-state index < -0.39 is 11.9 Å². The topological polar surface area (TPSA) is 63.6 Å². The summed E-state index contributed by atoms with van der Waals surface area (Å²) in [5, 5.41) is 8.75. The number of carbonyl (C=O) groups excluding carboxylic acids is 1. The summed E-state index contributed by atoms with van der Waals surface area (Å²) in [4.78, 5) is 22.6. The smallest absolute Gasteiger partial charge is 0.333 e. The second-order valence-electron chi connectivity index (χ2n) is 5.23. The Morgan fingerprint density at radius 2 is 1.95 bits per heavy atom. The lowest BCUT2D eigenvalue weighted by atomic mass is 10.1. The number of aliphatic carboxylic acids is 1. The van der Waals surface area contributed by atoms with E-state index in [0.717, 1.165) is 12.0 Å². The molecule has 4 heteroatoms. The molecule has 1 rings (SSSR count). The number of benzene rings is 1. The summed E-state index contributed by atoms with van der Waals surface area (Å²) in [5.41, 5.74) is 1.81. The number of carboxylic acid groups (broad SMARTS) is 1. The maximum atomic E-state index is 11.9. The molecule has 1 atom stereocenters. The minimum Gasteiger partial charge on any atom is -0.478 e. The van der Waals surface area contributed by atoms with Gasteiger partial charge >= 0.3 is 11.9 Å². The second-order valence-corrected chi connectivity index (χ2v) is 5.23. The van der Waals surface area contributed by atoms with Crippen LogP contribution in [0.5, 0.6) is 0 Å². The molecule has 0 amide bonds. The predicted molar refractivity (Wildman–Crippen MR) is 85.5 cm³/mol. The average molecular weight is 302 g/mol. The standard InChI is InChI=1S/C18H22O4/c1-13(17(19)20)9-11-15(3)22-18(21)14(2)10-12-16-7-5-4-6-8-16/h4-9,15H,2,10-12H2,1,3H3,(H,19,20). The van der Waals surface area contributed by atoms with Crippen molar-refractivity contribution < 1.29 is 19.4 Å². The Labute approximate surface area is 131 Å². The lowest BCUT2D eigenvalue weighted by Crippen LogP contribution is -2.16. The molecule has 0 aliphatic rings. The van der Waals surface area contributed by atoms with Crippen molar-refractivity contribution in [1.29, 1.82) is 0 Å². The number of rotatable bonds is 8. The first-order valence-corrected chi connectivity index (χ1v) is 7.23. The second kappa shape index (κ2) is 8.82. The molecule has 1 aromatic carbocycles. The fourth-order valence-electron chi connectivity index (χ4n) is 1.79. The summed E-state index contributed by atoms with van der Waals surface area (Å²) in [7, 11) is 0. The van der Waals surface area contributed by atoms with Gasteiger partial charge in [-0.1, -0.05) is 43.0 Å². The fraction of sp³-hybridized carbons (Fsp3) is 0.333. The van der Waals surface area contributed by atoms with Gasteiger partial charge in [0.25, 0.3) is 0 Å². The van der Waals surface area contributed by atoms with Crippen LogP contribution in [0.4, 0.5) is 0 Å². The molecule has 4 nitrogen and oxygen atoms in total. The zero-order chi connectivity index (χ0) is 16.5. The molecule has 1 aromatic rings. The van der Waals surface area contributed by atoms with E-state index in [1.54, 1.807) is 13.0 Å². The van der Waals surface area contributed by atoms with Gasteiger partial charge in [-0.3, -0.25) is 0 Å².